The second-order valence-electron chi connectivity index (χ2n) is 12.4. The first-order chi connectivity index (χ1) is 20.1. The van der Waals surface area contributed by atoms with Crippen LogP contribution in [0.2, 0.25) is 0 Å². The average molecular weight is 638 g/mol. The number of aryl methyl sites for hydroxylation is 4. The van der Waals surface area contributed by atoms with Crippen molar-refractivity contribution < 1.29 is 31.1 Å². The normalized spacial score (nSPS) is 13.1. The third-order valence-electron chi connectivity index (χ3n) is 7.09. The van der Waals surface area contributed by atoms with E-state index in [2.05, 4.69) is 10.6 Å². The highest BCUT2D eigenvalue weighted by Gasteiger charge is 2.39. The lowest BCUT2D eigenvalue weighted by molar-refractivity contribution is -0.143. The van der Waals surface area contributed by atoms with Gasteiger partial charge in [-0.05, 0) is 74.7 Å². The fourth-order valence-electron chi connectivity index (χ4n) is 5.28. The zero-order chi connectivity index (χ0) is 33.4. The molecule has 4 nitrogen and oxygen atoms in total. The molecule has 0 fully saturated rings. The van der Waals surface area contributed by atoms with Crippen molar-refractivity contribution in [3.63, 3.8) is 0 Å². The molecule has 0 heterocycles. The number of carbonyl (C=O) groups excluding carboxylic acids is 1. The van der Waals surface area contributed by atoms with E-state index in [-0.39, 0.29) is 17.1 Å². The van der Waals surface area contributed by atoms with Gasteiger partial charge in [0.05, 0.1) is 17.2 Å². The molecule has 0 aliphatic rings. The zero-order valence-electron chi connectivity index (χ0n) is 25.9. The Labute approximate surface area is 259 Å². The SMILES string of the molecule is Cc1cc(C)cc(C(c2cc(C)cc(C)c2)N(C)C(=O)[C@@H](NC(=S)Nc2cc(C(F)(F)F)cc(C(F)(F)F)c2)C(C)(C)C)c1. The standard InChI is InChI=1S/C33H37F6N3OS/c1-18-9-19(2)12-22(11-18)27(23-13-20(3)10-21(4)14-23)42(8)29(43)28(31(5,6)7)41-30(44)40-26-16-24(32(34,35)36)15-25(17-26)33(37,38)39/h9-17,27-28H,1-8H3,(H2,40,41,44)/t28-/m1/s1. The molecule has 0 saturated heterocycles. The monoisotopic (exact) mass is 637 g/mol. The van der Waals surface area contributed by atoms with E-state index in [9.17, 15) is 31.1 Å². The van der Waals surface area contributed by atoms with Gasteiger partial charge in [-0.25, -0.2) is 0 Å². The van der Waals surface area contributed by atoms with Gasteiger partial charge >= 0.3 is 12.4 Å². The molecule has 2 N–H and O–H groups in total. The first kappa shape index (κ1) is 34.9. The van der Waals surface area contributed by atoms with Gasteiger partial charge in [0.15, 0.2) is 5.11 Å². The lowest BCUT2D eigenvalue weighted by Crippen LogP contribution is -2.55. The van der Waals surface area contributed by atoms with E-state index in [1.807, 2.05) is 64.1 Å². The Bertz CT molecular complexity index is 1420. The van der Waals surface area contributed by atoms with Crippen LogP contribution in [0, 0.1) is 33.1 Å². The first-order valence-electron chi connectivity index (χ1n) is 13.9. The lowest BCUT2D eigenvalue weighted by atomic mass is 9.84. The number of likely N-dealkylation sites (N-methyl/N-ethyl adjacent to an activating group) is 1. The number of rotatable bonds is 6. The number of nitrogens with zero attached hydrogens (tertiary/aromatic N) is 1. The zero-order valence-corrected chi connectivity index (χ0v) is 26.7. The molecule has 0 saturated carbocycles. The van der Waals surface area contributed by atoms with E-state index >= 15 is 0 Å². The van der Waals surface area contributed by atoms with Gasteiger partial charge in [0, 0.05) is 12.7 Å². The summed E-state index contributed by atoms with van der Waals surface area (Å²) in [5.41, 5.74) is 1.61. The lowest BCUT2D eigenvalue weighted by Gasteiger charge is -2.38. The van der Waals surface area contributed by atoms with E-state index in [0.29, 0.717) is 12.1 Å². The van der Waals surface area contributed by atoms with E-state index < -0.39 is 46.7 Å². The maximum Gasteiger partial charge on any atom is 0.416 e. The number of halogens is 6. The van der Waals surface area contributed by atoms with E-state index in [4.69, 9.17) is 12.2 Å². The summed E-state index contributed by atoms with van der Waals surface area (Å²) in [7, 11) is 1.67. The smallest absolute Gasteiger partial charge is 0.350 e. The Balaban J connectivity index is 2.01. The first-order valence-corrected chi connectivity index (χ1v) is 14.3. The summed E-state index contributed by atoms with van der Waals surface area (Å²) < 4.78 is 80.4. The van der Waals surface area contributed by atoms with Crippen LogP contribution in [0.25, 0.3) is 0 Å². The second kappa shape index (κ2) is 12.8. The van der Waals surface area contributed by atoms with Crippen molar-refractivity contribution in [3.8, 4) is 0 Å². The summed E-state index contributed by atoms with van der Waals surface area (Å²) in [6.45, 7) is 13.2. The Hall–Kier alpha value is -3.60. The molecule has 0 radical (unpaired) electrons. The molecule has 3 aromatic rings. The summed E-state index contributed by atoms with van der Waals surface area (Å²) in [4.78, 5) is 15.9. The number of amides is 1. The Morgan fingerprint density at radius 2 is 1.09 bits per heavy atom. The number of thiocarbonyl (C=S) groups is 1. The van der Waals surface area contributed by atoms with Crippen molar-refractivity contribution in [1.82, 2.24) is 10.2 Å². The van der Waals surface area contributed by atoms with Crippen molar-refractivity contribution in [2.45, 2.75) is 72.9 Å². The predicted octanol–water partition coefficient (Wildman–Crippen LogP) is 8.91. The van der Waals surface area contributed by atoms with Gasteiger partial charge < -0.3 is 15.5 Å². The summed E-state index contributed by atoms with van der Waals surface area (Å²) in [5, 5.41) is 5.01. The van der Waals surface area contributed by atoms with Crippen molar-refractivity contribution in [3.05, 3.63) is 99.1 Å². The summed E-state index contributed by atoms with van der Waals surface area (Å²) in [6, 6.07) is 11.7. The topological polar surface area (TPSA) is 44.4 Å². The van der Waals surface area contributed by atoms with E-state index in [1.165, 1.54) is 0 Å². The van der Waals surface area contributed by atoms with Gasteiger partial charge in [0.1, 0.15) is 6.04 Å². The minimum atomic E-state index is -5.02. The highest BCUT2D eigenvalue weighted by Crippen LogP contribution is 2.38. The van der Waals surface area contributed by atoms with Crippen molar-refractivity contribution in [2.24, 2.45) is 5.41 Å². The molecule has 0 spiro atoms. The van der Waals surface area contributed by atoms with Crippen molar-refractivity contribution >= 4 is 28.9 Å². The van der Waals surface area contributed by atoms with Gasteiger partial charge in [0.25, 0.3) is 0 Å². The van der Waals surface area contributed by atoms with Gasteiger partial charge in [-0.1, -0.05) is 79.4 Å². The van der Waals surface area contributed by atoms with Gasteiger partial charge in [-0.2, -0.15) is 26.3 Å². The Kier molecular flexibility index (Phi) is 10.1. The third kappa shape index (κ3) is 8.74. The minimum absolute atomic E-state index is 0.0399. The number of hydrogen-bond acceptors (Lipinski definition) is 2. The van der Waals surface area contributed by atoms with Crippen LogP contribution in [0.3, 0.4) is 0 Å². The van der Waals surface area contributed by atoms with Crippen LogP contribution in [-0.2, 0) is 17.1 Å². The van der Waals surface area contributed by atoms with Crippen LogP contribution in [0.4, 0.5) is 32.0 Å². The molecule has 0 bridgehead atoms. The highest BCUT2D eigenvalue weighted by molar-refractivity contribution is 7.80. The van der Waals surface area contributed by atoms with Gasteiger partial charge in [-0.15, -0.1) is 0 Å². The summed E-state index contributed by atoms with van der Waals surface area (Å²) in [5.74, 6) is -0.370. The number of alkyl halides is 6. The molecule has 11 heteroatoms. The second-order valence-corrected chi connectivity index (χ2v) is 12.8. The molecule has 3 rings (SSSR count). The summed E-state index contributed by atoms with van der Waals surface area (Å²) >= 11 is 5.33. The molecule has 1 amide bonds. The molecule has 0 aliphatic carbocycles. The molecule has 0 aliphatic heterocycles. The number of benzene rings is 3. The third-order valence-corrected chi connectivity index (χ3v) is 7.31. The van der Waals surface area contributed by atoms with E-state index in [1.54, 1.807) is 32.7 Å². The van der Waals surface area contributed by atoms with Gasteiger partial charge in [-0.3, -0.25) is 4.79 Å². The maximum absolute atomic E-state index is 14.3. The Morgan fingerprint density at radius 1 is 0.705 bits per heavy atom. The Morgan fingerprint density at radius 3 is 1.43 bits per heavy atom. The fourth-order valence-corrected chi connectivity index (χ4v) is 5.52. The number of nitrogens with one attached hydrogen (secondary N) is 2. The van der Waals surface area contributed by atoms with Crippen LogP contribution >= 0.6 is 12.2 Å². The van der Waals surface area contributed by atoms with E-state index in [0.717, 1.165) is 33.4 Å². The maximum atomic E-state index is 14.3. The quantitative estimate of drug-likeness (QED) is 0.209. The summed E-state index contributed by atoms with van der Waals surface area (Å²) in [6.07, 6.45) is -10.0. The predicted molar refractivity (Wildman–Crippen MR) is 165 cm³/mol. The highest BCUT2D eigenvalue weighted by atomic mass is 32.1. The van der Waals surface area contributed by atoms with Crippen molar-refractivity contribution in [1.29, 1.82) is 0 Å². The molecule has 0 aromatic heterocycles. The molecule has 44 heavy (non-hydrogen) atoms. The molecule has 1 atom stereocenters. The van der Waals surface area contributed by atoms with Gasteiger partial charge in [0.2, 0.25) is 5.91 Å². The average Bonchev–Trinajstić information content (AvgIpc) is 2.84. The molecule has 0 unspecified atom stereocenters. The van der Waals surface area contributed by atoms with Crippen LogP contribution in [0.15, 0.2) is 54.6 Å². The molecular formula is C33H37F6N3OS. The number of anilines is 1. The largest absolute Gasteiger partial charge is 0.416 e. The minimum Gasteiger partial charge on any atom is -0.350 e. The van der Waals surface area contributed by atoms with Crippen LogP contribution in [-0.4, -0.2) is 29.0 Å². The van der Waals surface area contributed by atoms with Crippen LogP contribution < -0.4 is 10.6 Å². The molecule has 238 valence electrons. The van der Waals surface area contributed by atoms with Crippen molar-refractivity contribution in [2.75, 3.05) is 12.4 Å². The fraction of sp³-hybridized carbons (Fsp3) is 0.394. The van der Waals surface area contributed by atoms with Crippen LogP contribution in [0.1, 0.15) is 71.3 Å². The molecular weight excluding hydrogens is 600 g/mol. The molecule has 3 aromatic carbocycles. The van der Waals surface area contributed by atoms with Crippen LogP contribution in [0.5, 0.6) is 0 Å². The number of hydrogen-bond donors (Lipinski definition) is 2. The number of carbonyl (C=O) groups is 1.